The fraction of sp³-hybridized carbons (Fsp3) is 0.500. The van der Waals surface area contributed by atoms with Crippen molar-refractivity contribution in [1.82, 2.24) is 5.32 Å². The van der Waals surface area contributed by atoms with Crippen LogP contribution in [-0.2, 0) is 0 Å². The van der Waals surface area contributed by atoms with Crippen LogP contribution in [0.5, 0.6) is 0 Å². The zero-order valence-corrected chi connectivity index (χ0v) is 8.96. The number of hydrogen-bond acceptors (Lipinski definition) is 1. The van der Waals surface area contributed by atoms with Crippen molar-refractivity contribution in [2.24, 2.45) is 5.92 Å². The van der Waals surface area contributed by atoms with Gasteiger partial charge in [-0.1, -0.05) is 57.2 Å². The zero-order valence-electron chi connectivity index (χ0n) is 8.96. The summed E-state index contributed by atoms with van der Waals surface area (Å²) in [4.78, 5) is 0. The minimum absolute atomic E-state index is 0.954. The van der Waals surface area contributed by atoms with Crippen LogP contribution < -0.4 is 5.32 Å². The van der Waals surface area contributed by atoms with Crippen LogP contribution in [0, 0.1) is 5.92 Å². The second-order valence-electron chi connectivity index (χ2n) is 2.92. The first kappa shape index (κ1) is 12.2. The van der Waals surface area contributed by atoms with E-state index in [4.69, 9.17) is 0 Å². The molecular formula is C12H21N. The van der Waals surface area contributed by atoms with Gasteiger partial charge in [0.25, 0.3) is 0 Å². The van der Waals surface area contributed by atoms with Crippen molar-refractivity contribution in [3.8, 4) is 0 Å². The lowest BCUT2D eigenvalue weighted by molar-refractivity contribution is 0.379. The molecule has 1 fully saturated rings. The van der Waals surface area contributed by atoms with Crippen molar-refractivity contribution in [2.45, 2.75) is 20.8 Å². The third kappa shape index (κ3) is 7.54. The van der Waals surface area contributed by atoms with Crippen LogP contribution in [0.4, 0.5) is 0 Å². The van der Waals surface area contributed by atoms with E-state index in [2.05, 4.69) is 12.2 Å². The van der Waals surface area contributed by atoms with Gasteiger partial charge in [-0.3, -0.25) is 0 Å². The standard InChI is InChI=1S/C6H6.C4H9N.C2H6/c1-2-4-6-5-3-1;1-4-2-5-3-4;1-2/h1-6H;4-5H,2-3H2,1H3;1-2H3. The summed E-state index contributed by atoms with van der Waals surface area (Å²) in [6.45, 7) is 8.72. The maximum Gasteiger partial charge on any atom is -0.00109 e. The molecule has 2 rings (SSSR count). The van der Waals surface area contributed by atoms with Gasteiger partial charge in [0.2, 0.25) is 0 Å². The van der Waals surface area contributed by atoms with Crippen molar-refractivity contribution in [1.29, 1.82) is 0 Å². The maximum atomic E-state index is 3.16. The molecule has 1 nitrogen and oxygen atoms in total. The molecule has 0 bridgehead atoms. The van der Waals surface area contributed by atoms with Gasteiger partial charge in [0.05, 0.1) is 0 Å². The van der Waals surface area contributed by atoms with Gasteiger partial charge in [0.15, 0.2) is 0 Å². The van der Waals surface area contributed by atoms with E-state index >= 15 is 0 Å². The topological polar surface area (TPSA) is 12.0 Å². The Morgan fingerprint density at radius 1 is 0.846 bits per heavy atom. The highest BCUT2D eigenvalue weighted by Crippen LogP contribution is 1.96. The van der Waals surface area contributed by atoms with Gasteiger partial charge in [0.1, 0.15) is 0 Å². The third-order valence-corrected chi connectivity index (χ3v) is 1.65. The molecule has 1 N–H and O–H groups in total. The van der Waals surface area contributed by atoms with E-state index in [1.54, 1.807) is 0 Å². The number of nitrogens with one attached hydrogen (secondary N) is 1. The molecule has 1 aromatic carbocycles. The molecule has 0 amide bonds. The van der Waals surface area contributed by atoms with Crippen LogP contribution in [0.25, 0.3) is 0 Å². The fourth-order valence-corrected chi connectivity index (χ4v) is 0.818. The average molecular weight is 179 g/mol. The second kappa shape index (κ2) is 9.27. The van der Waals surface area contributed by atoms with E-state index in [1.807, 2.05) is 50.2 Å². The number of hydrogen-bond donors (Lipinski definition) is 1. The van der Waals surface area contributed by atoms with Gasteiger partial charge in [-0.15, -0.1) is 0 Å². The molecule has 0 unspecified atom stereocenters. The molecule has 0 aromatic heterocycles. The van der Waals surface area contributed by atoms with E-state index < -0.39 is 0 Å². The molecule has 0 radical (unpaired) electrons. The molecule has 1 heterocycles. The molecular weight excluding hydrogens is 158 g/mol. The van der Waals surface area contributed by atoms with Crippen molar-refractivity contribution >= 4 is 0 Å². The third-order valence-electron chi connectivity index (χ3n) is 1.65. The Bertz CT molecular complexity index is 141. The Morgan fingerprint density at radius 3 is 1.15 bits per heavy atom. The minimum atomic E-state index is 0.954. The summed E-state index contributed by atoms with van der Waals surface area (Å²) < 4.78 is 0. The Labute approximate surface area is 82.2 Å². The van der Waals surface area contributed by atoms with Crippen molar-refractivity contribution in [3.63, 3.8) is 0 Å². The smallest absolute Gasteiger partial charge is 0.00109 e. The molecule has 13 heavy (non-hydrogen) atoms. The van der Waals surface area contributed by atoms with Gasteiger partial charge in [-0.25, -0.2) is 0 Å². The second-order valence-corrected chi connectivity index (χ2v) is 2.92. The SMILES string of the molecule is CC.CC1CNC1.c1ccccc1. The Kier molecular flexibility index (Phi) is 8.68. The van der Waals surface area contributed by atoms with Gasteiger partial charge >= 0.3 is 0 Å². The van der Waals surface area contributed by atoms with Crippen molar-refractivity contribution in [3.05, 3.63) is 36.4 Å². The lowest BCUT2D eigenvalue weighted by atomic mass is 10.1. The lowest BCUT2D eigenvalue weighted by Gasteiger charge is -2.21. The molecule has 0 saturated carbocycles. The van der Waals surface area contributed by atoms with E-state index in [0.29, 0.717) is 0 Å². The van der Waals surface area contributed by atoms with Crippen LogP contribution in [0.3, 0.4) is 0 Å². The molecule has 1 saturated heterocycles. The average Bonchev–Trinajstić information content (AvgIpc) is 2.21. The largest absolute Gasteiger partial charge is 0.316 e. The molecule has 0 atom stereocenters. The van der Waals surface area contributed by atoms with E-state index in [1.165, 1.54) is 13.1 Å². The predicted octanol–water partition coefficient (Wildman–Crippen LogP) is 2.94. The molecule has 0 aliphatic carbocycles. The number of rotatable bonds is 0. The Morgan fingerprint density at radius 2 is 1.08 bits per heavy atom. The molecule has 74 valence electrons. The summed E-state index contributed by atoms with van der Waals surface area (Å²) in [6.07, 6.45) is 0. The summed E-state index contributed by atoms with van der Waals surface area (Å²) >= 11 is 0. The predicted molar refractivity (Wildman–Crippen MR) is 59.8 cm³/mol. The first-order valence-corrected chi connectivity index (χ1v) is 5.10. The normalized spacial score (nSPS) is 14.1. The van der Waals surface area contributed by atoms with Crippen LogP contribution >= 0.6 is 0 Å². The van der Waals surface area contributed by atoms with Crippen molar-refractivity contribution in [2.75, 3.05) is 13.1 Å². The highest BCUT2D eigenvalue weighted by atomic mass is 14.9. The first-order valence-electron chi connectivity index (χ1n) is 5.10. The summed E-state index contributed by atoms with van der Waals surface area (Å²) in [6, 6.07) is 12.0. The lowest BCUT2D eigenvalue weighted by Crippen LogP contribution is -2.39. The molecule has 1 aromatic rings. The molecule has 0 spiro atoms. The molecule has 1 aliphatic rings. The van der Waals surface area contributed by atoms with E-state index in [0.717, 1.165) is 5.92 Å². The summed E-state index contributed by atoms with van der Waals surface area (Å²) in [5, 5.41) is 3.16. The van der Waals surface area contributed by atoms with Crippen molar-refractivity contribution < 1.29 is 0 Å². The van der Waals surface area contributed by atoms with Gasteiger partial charge in [-0.05, 0) is 19.0 Å². The van der Waals surface area contributed by atoms with Crippen LogP contribution in [-0.4, -0.2) is 13.1 Å². The monoisotopic (exact) mass is 179 g/mol. The van der Waals surface area contributed by atoms with Gasteiger partial charge in [0, 0.05) is 0 Å². The van der Waals surface area contributed by atoms with E-state index in [9.17, 15) is 0 Å². The van der Waals surface area contributed by atoms with E-state index in [-0.39, 0.29) is 0 Å². The summed E-state index contributed by atoms with van der Waals surface area (Å²) in [5.41, 5.74) is 0. The summed E-state index contributed by atoms with van der Waals surface area (Å²) in [5.74, 6) is 0.954. The highest BCUT2D eigenvalue weighted by molar-refractivity contribution is 4.99. The Balaban J connectivity index is 0.000000189. The molecule has 1 heteroatoms. The first-order chi connectivity index (χ1) is 6.39. The summed E-state index contributed by atoms with van der Waals surface area (Å²) in [7, 11) is 0. The van der Waals surface area contributed by atoms with Crippen LogP contribution in [0.1, 0.15) is 20.8 Å². The zero-order chi connectivity index (χ0) is 9.94. The fourth-order valence-electron chi connectivity index (χ4n) is 0.818. The molecule has 1 aliphatic heterocycles. The quantitative estimate of drug-likeness (QED) is 0.645. The Hall–Kier alpha value is -0.820. The van der Waals surface area contributed by atoms with Gasteiger partial charge in [-0.2, -0.15) is 0 Å². The van der Waals surface area contributed by atoms with Gasteiger partial charge < -0.3 is 5.32 Å². The highest BCUT2D eigenvalue weighted by Gasteiger charge is 2.07. The maximum absolute atomic E-state index is 3.16. The number of benzene rings is 1. The minimum Gasteiger partial charge on any atom is -0.316 e. The van der Waals surface area contributed by atoms with Crippen LogP contribution in [0.2, 0.25) is 0 Å². The van der Waals surface area contributed by atoms with Crippen LogP contribution in [0.15, 0.2) is 36.4 Å².